The van der Waals surface area contributed by atoms with E-state index in [4.69, 9.17) is 0 Å². The van der Waals surface area contributed by atoms with Gasteiger partial charge in [-0.1, -0.05) is 17.7 Å². The SMILES string of the molecule is Cc1ccc(NC(=O)CSCCC(=O)N2CCCC[C@H]2C)cc1. The first-order valence-electron chi connectivity index (χ1n) is 8.30. The van der Waals surface area contributed by atoms with E-state index in [0.717, 1.165) is 25.1 Å². The summed E-state index contributed by atoms with van der Waals surface area (Å²) in [5.41, 5.74) is 1.99. The van der Waals surface area contributed by atoms with Crippen LogP contribution < -0.4 is 5.32 Å². The molecule has 1 aromatic carbocycles. The van der Waals surface area contributed by atoms with Gasteiger partial charge in [-0.05, 0) is 45.2 Å². The number of hydrogen-bond donors (Lipinski definition) is 1. The number of nitrogens with one attached hydrogen (secondary N) is 1. The van der Waals surface area contributed by atoms with Crippen LogP contribution in [0.15, 0.2) is 24.3 Å². The lowest BCUT2D eigenvalue weighted by Crippen LogP contribution is -2.42. The summed E-state index contributed by atoms with van der Waals surface area (Å²) >= 11 is 1.52. The molecule has 0 unspecified atom stereocenters. The molecule has 2 rings (SSSR count). The van der Waals surface area contributed by atoms with Gasteiger partial charge >= 0.3 is 0 Å². The normalized spacial score (nSPS) is 17.8. The molecule has 23 heavy (non-hydrogen) atoms. The highest BCUT2D eigenvalue weighted by Crippen LogP contribution is 2.18. The van der Waals surface area contributed by atoms with E-state index >= 15 is 0 Å². The number of benzene rings is 1. The van der Waals surface area contributed by atoms with Crippen LogP contribution in [-0.4, -0.2) is 40.8 Å². The van der Waals surface area contributed by atoms with Crippen molar-refractivity contribution in [3.63, 3.8) is 0 Å². The zero-order valence-corrected chi connectivity index (χ0v) is 14.8. The Morgan fingerprint density at radius 1 is 1.26 bits per heavy atom. The van der Waals surface area contributed by atoms with E-state index < -0.39 is 0 Å². The molecule has 0 spiro atoms. The molecule has 0 aliphatic carbocycles. The summed E-state index contributed by atoms with van der Waals surface area (Å²) in [6.45, 7) is 5.03. The van der Waals surface area contributed by atoms with Crippen LogP contribution in [0, 0.1) is 6.92 Å². The Bertz CT molecular complexity index is 530. The van der Waals surface area contributed by atoms with E-state index in [0.29, 0.717) is 24.0 Å². The number of hydrogen-bond acceptors (Lipinski definition) is 3. The molecule has 4 nitrogen and oxygen atoms in total. The second-order valence-corrected chi connectivity index (χ2v) is 7.25. The zero-order valence-electron chi connectivity index (χ0n) is 14.0. The van der Waals surface area contributed by atoms with Crippen LogP contribution in [0.5, 0.6) is 0 Å². The fourth-order valence-electron chi connectivity index (χ4n) is 2.77. The molecule has 5 heteroatoms. The summed E-state index contributed by atoms with van der Waals surface area (Å²) < 4.78 is 0. The van der Waals surface area contributed by atoms with E-state index in [1.165, 1.54) is 23.7 Å². The molecule has 1 aliphatic rings. The molecule has 1 heterocycles. The number of anilines is 1. The van der Waals surface area contributed by atoms with E-state index in [-0.39, 0.29) is 11.8 Å². The van der Waals surface area contributed by atoms with Crippen LogP contribution in [-0.2, 0) is 9.59 Å². The van der Waals surface area contributed by atoms with Crippen LogP contribution >= 0.6 is 11.8 Å². The zero-order chi connectivity index (χ0) is 16.7. The molecule has 1 aliphatic heterocycles. The summed E-state index contributed by atoms with van der Waals surface area (Å²) in [6, 6.07) is 8.12. The fraction of sp³-hybridized carbons (Fsp3) is 0.556. The summed E-state index contributed by atoms with van der Waals surface area (Å²) in [7, 11) is 0. The third-order valence-corrected chi connectivity index (χ3v) is 5.11. The van der Waals surface area contributed by atoms with Gasteiger partial charge in [0, 0.05) is 30.4 Å². The van der Waals surface area contributed by atoms with Crippen molar-refractivity contribution >= 4 is 29.3 Å². The average Bonchev–Trinajstić information content (AvgIpc) is 2.54. The number of nitrogens with zero attached hydrogens (tertiary/aromatic N) is 1. The summed E-state index contributed by atoms with van der Waals surface area (Å²) in [5.74, 6) is 1.29. The van der Waals surface area contributed by atoms with Gasteiger partial charge in [0.1, 0.15) is 0 Å². The second-order valence-electron chi connectivity index (χ2n) is 6.15. The standard InChI is InChI=1S/C18H26N2O2S/c1-14-6-8-16(9-7-14)19-17(21)13-23-12-10-18(22)20-11-4-3-5-15(20)2/h6-9,15H,3-5,10-13H2,1-2H3,(H,19,21)/t15-/m1/s1. The van der Waals surface area contributed by atoms with Crippen LogP contribution in [0.1, 0.15) is 38.2 Å². The minimum absolute atomic E-state index is 0.0161. The van der Waals surface area contributed by atoms with Crippen molar-refractivity contribution in [2.75, 3.05) is 23.4 Å². The van der Waals surface area contributed by atoms with Gasteiger partial charge in [0.05, 0.1) is 5.75 Å². The minimum Gasteiger partial charge on any atom is -0.340 e. The highest BCUT2D eigenvalue weighted by atomic mass is 32.2. The van der Waals surface area contributed by atoms with Crippen molar-refractivity contribution in [3.8, 4) is 0 Å². The van der Waals surface area contributed by atoms with Crippen LogP contribution in [0.25, 0.3) is 0 Å². The third kappa shape index (κ3) is 5.90. The molecule has 0 bridgehead atoms. The third-order valence-electron chi connectivity index (χ3n) is 4.15. The van der Waals surface area contributed by atoms with Gasteiger partial charge in [-0.2, -0.15) is 11.8 Å². The van der Waals surface area contributed by atoms with Crippen molar-refractivity contribution < 1.29 is 9.59 Å². The smallest absolute Gasteiger partial charge is 0.234 e. The van der Waals surface area contributed by atoms with Crippen molar-refractivity contribution in [1.82, 2.24) is 4.90 Å². The largest absolute Gasteiger partial charge is 0.340 e. The lowest BCUT2D eigenvalue weighted by atomic mass is 10.0. The van der Waals surface area contributed by atoms with Gasteiger partial charge in [-0.15, -0.1) is 0 Å². The number of aryl methyl sites for hydroxylation is 1. The van der Waals surface area contributed by atoms with E-state index in [1.54, 1.807) is 0 Å². The molecule has 1 N–H and O–H groups in total. The quantitative estimate of drug-likeness (QED) is 0.811. The number of carbonyl (C=O) groups excluding carboxylic acids is 2. The Morgan fingerprint density at radius 2 is 2.00 bits per heavy atom. The topological polar surface area (TPSA) is 49.4 Å². The van der Waals surface area contributed by atoms with E-state index in [2.05, 4.69) is 12.2 Å². The number of thioether (sulfide) groups is 1. The predicted octanol–water partition coefficient (Wildman–Crippen LogP) is 3.46. The van der Waals surface area contributed by atoms with Gasteiger partial charge in [0.15, 0.2) is 0 Å². The Hall–Kier alpha value is -1.49. The first kappa shape index (κ1) is 17.9. The molecule has 2 amide bonds. The second kappa shape index (κ2) is 8.96. The molecular weight excluding hydrogens is 308 g/mol. The molecule has 0 aromatic heterocycles. The summed E-state index contributed by atoms with van der Waals surface area (Å²) in [6.07, 6.45) is 3.96. The molecule has 0 radical (unpaired) electrons. The van der Waals surface area contributed by atoms with Gasteiger partial charge in [0.25, 0.3) is 0 Å². The summed E-state index contributed by atoms with van der Waals surface area (Å²) in [4.78, 5) is 26.1. The number of carbonyl (C=O) groups is 2. The van der Waals surface area contributed by atoms with Crippen molar-refractivity contribution in [1.29, 1.82) is 0 Å². The molecular formula is C18H26N2O2S. The van der Waals surface area contributed by atoms with E-state index in [1.807, 2.05) is 36.1 Å². The fourth-order valence-corrected chi connectivity index (χ4v) is 3.49. The first-order valence-corrected chi connectivity index (χ1v) is 9.45. The number of amides is 2. The lowest BCUT2D eigenvalue weighted by molar-refractivity contribution is -0.134. The van der Waals surface area contributed by atoms with Crippen LogP contribution in [0.3, 0.4) is 0 Å². The Morgan fingerprint density at radius 3 is 2.70 bits per heavy atom. The van der Waals surface area contributed by atoms with Crippen molar-refractivity contribution in [2.24, 2.45) is 0 Å². The number of likely N-dealkylation sites (tertiary alicyclic amines) is 1. The highest BCUT2D eigenvalue weighted by Gasteiger charge is 2.22. The molecule has 126 valence electrons. The summed E-state index contributed by atoms with van der Waals surface area (Å²) in [5, 5.41) is 2.87. The highest BCUT2D eigenvalue weighted by molar-refractivity contribution is 7.99. The number of piperidine rings is 1. The minimum atomic E-state index is -0.0161. The van der Waals surface area contributed by atoms with Crippen molar-refractivity contribution in [2.45, 2.75) is 45.6 Å². The monoisotopic (exact) mass is 334 g/mol. The average molecular weight is 334 g/mol. The molecule has 1 aromatic rings. The molecule has 1 atom stereocenters. The Kier molecular flexibility index (Phi) is 6.96. The van der Waals surface area contributed by atoms with Crippen LogP contribution in [0.4, 0.5) is 5.69 Å². The van der Waals surface area contributed by atoms with Crippen LogP contribution in [0.2, 0.25) is 0 Å². The van der Waals surface area contributed by atoms with Gasteiger partial charge in [-0.3, -0.25) is 9.59 Å². The maximum Gasteiger partial charge on any atom is 0.234 e. The van der Waals surface area contributed by atoms with E-state index in [9.17, 15) is 9.59 Å². The van der Waals surface area contributed by atoms with Crippen molar-refractivity contribution in [3.05, 3.63) is 29.8 Å². The Labute approximate surface area is 143 Å². The first-order chi connectivity index (χ1) is 11.1. The Balaban J connectivity index is 1.63. The molecule has 1 saturated heterocycles. The van der Waals surface area contributed by atoms with Gasteiger partial charge in [0.2, 0.25) is 11.8 Å². The lowest BCUT2D eigenvalue weighted by Gasteiger charge is -2.33. The maximum atomic E-state index is 12.2. The molecule has 1 fully saturated rings. The predicted molar refractivity (Wildman–Crippen MR) is 96.8 cm³/mol. The molecule has 0 saturated carbocycles. The maximum absolute atomic E-state index is 12.2. The van der Waals surface area contributed by atoms with Gasteiger partial charge < -0.3 is 10.2 Å². The number of rotatable bonds is 6. The van der Waals surface area contributed by atoms with Gasteiger partial charge in [-0.25, -0.2) is 0 Å².